The van der Waals surface area contributed by atoms with Crippen LogP contribution in [0.25, 0.3) is 0 Å². The topological polar surface area (TPSA) is 387 Å². The normalized spacial score (nSPS) is 15.1. The standard InChI is InChI=1S/C59H109N6O19P.Na/c1-7-9-11-13-15-17-19-21-23-25-27-29-31-33-52(71)80-41-47(84-53(72)34-32-30-28-26-24-22-20-18-16-14-12-10-8-2)42-82-85(78,79)81-38-37-61-57(75)43(3)62-51(70)36-35-48(56(60)74)65-58(76)44(4)63-59(77)45(5)83-55(54(73)50(69)40-67)49(39-66)64-46(6)68;/h39,43-45,47-50,54-55,67,69,73H,7-38,40-42H2,1-6H3,(H2,60,74)(H,61,75)(H,62,70)(H,63,77)(H,64,68)(H,65,76)(H,78,79);/q;+1/p-1/t43-,44-,45+,47+,48+,49-,50+,54+,55+;/m0./s1. The molecule has 0 aromatic rings. The summed E-state index contributed by atoms with van der Waals surface area (Å²) in [6, 6.07) is -5.54. The van der Waals surface area contributed by atoms with Gasteiger partial charge in [-0.25, -0.2) is 0 Å². The van der Waals surface area contributed by atoms with Crippen molar-refractivity contribution in [1.82, 2.24) is 26.6 Å². The molecule has 0 radical (unpaired) electrons. The second kappa shape index (κ2) is 53.2. The minimum Gasteiger partial charge on any atom is -0.756 e. The molecular weight excluding hydrogens is 1150 g/mol. The van der Waals surface area contributed by atoms with E-state index in [1.807, 2.05) is 0 Å². The predicted octanol–water partition coefficient (Wildman–Crippen LogP) is 1.98. The Morgan fingerprint density at radius 3 is 1.52 bits per heavy atom. The second-order valence-electron chi connectivity index (χ2n) is 22.0. The molecule has 0 spiro atoms. The molecule has 0 heterocycles. The van der Waals surface area contributed by atoms with Crippen molar-refractivity contribution in [3.63, 3.8) is 0 Å². The van der Waals surface area contributed by atoms with E-state index in [1.54, 1.807) is 0 Å². The van der Waals surface area contributed by atoms with Gasteiger partial charge in [-0.15, -0.1) is 0 Å². The van der Waals surface area contributed by atoms with E-state index in [2.05, 4.69) is 40.4 Å². The number of nitrogens with one attached hydrogen (secondary N) is 5. The average Bonchev–Trinajstić information content (AvgIpc) is 3.35. The van der Waals surface area contributed by atoms with Crippen LogP contribution in [0.2, 0.25) is 0 Å². The van der Waals surface area contributed by atoms with Crippen LogP contribution in [0, 0.1) is 0 Å². The average molecular weight is 1260 g/mol. The van der Waals surface area contributed by atoms with Crippen molar-refractivity contribution < 1.29 is 121 Å². The summed E-state index contributed by atoms with van der Waals surface area (Å²) in [5.41, 5.74) is 5.46. The van der Waals surface area contributed by atoms with Crippen LogP contribution in [0.5, 0.6) is 0 Å². The van der Waals surface area contributed by atoms with Crippen LogP contribution >= 0.6 is 7.82 Å². The van der Waals surface area contributed by atoms with Gasteiger partial charge in [-0.05, 0) is 40.0 Å². The maximum atomic E-state index is 13.0. The Labute approximate surface area is 533 Å². The number of hydrogen-bond acceptors (Lipinski definition) is 19. The van der Waals surface area contributed by atoms with E-state index in [9.17, 15) is 67.9 Å². The minimum atomic E-state index is -5.06. The van der Waals surface area contributed by atoms with E-state index in [0.29, 0.717) is 12.8 Å². The number of ether oxygens (including phenoxy) is 3. The maximum Gasteiger partial charge on any atom is 1.00 e. The summed E-state index contributed by atoms with van der Waals surface area (Å²) in [6.45, 7) is 6.18. The second-order valence-corrected chi connectivity index (χ2v) is 23.4. The number of phosphoric ester groups is 1. The van der Waals surface area contributed by atoms with E-state index in [1.165, 1.54) is 124 Å². The summed E-state index contributed by atoms with van der Waals surface area (Å²) < 4.78 is 39.1. The molecule has 0 saturated carbocycles. The largest absolute Gasteiger partial charge is 1.00 e. The molecule has 494 valence electrons. The monoisotopic (exact) mass is 1260 g/mol. The first-order chi connectivity index (χ1) is 40.5. The van der Waals surface area contributed by atoms with E-state index < -0.39 is 143 Å². The van der Waals surface area contributed by atoms with Crippen molar-refractivity contribution in [3.8, 4) is 0 Å². The number of primary amides is 1. The Morgan fingerprint density at radius 2 is 1.07 bits per heavy atom. The van der Waals surface area contributed by atoms with Crippen LogP contribution in [0.1, 0.15) is 234 Å². The third kappa shape index (κ3) is 44.8. The van der Waals surface area contributed by atoms with Crippen molar-refractivity contribution in [2.45, 2.75) is 289 Å². The van der Waals surface area contributed by atoms with Crippen molar-refractivity contribution in [2.24, 2.45) is 5.73 Å². The van der Waals surface area contributed by atoms with Gasteiger partial charge in [0, 0.05) is 32.7 Å². The molecule has 86 heavy (non-hydrogen) atoms. The minimum absolute atomic E-state index is 0. The number of amides is 6. The number of aliphatic hydroxyl groups excluding tert-OH is 3. The number of rotatable bonds is 56. The number of hydrogen-bond donors (Lipinski definition) is 9. The van der Waals surface area contributed by atoms with Gasteiger partial charge in [0.2, 0.25) is 35.4 Å². The number of nitrogens with two attached hydrogens (primary N) is 1. The van der Waals surface area contributed by atoms with Crippen LogP contribution in [-0.2, 0) is 71.0 Å². The van der Waals surface area contributed by atoms with Crippen LogP contribution < -0.4 is 66.8 Å². The molecule has 25 nitrogen and oxygen atoms in total. The summed E-state index contributed by atoms with van der Waals surface area (Å²) in [5.74, 6) is -6.26. The Kier molecular flexibility index (Phi) is 52.3. The number of carbonyl (C=O) groups excluding carboxylic acids is 9. The number of esters is 2. The number of unbranched alkanes of at least 4 members (excludes halogenated alkanes) is 24. The van der Waals surface area contributed by atoms with Gasteiger partial charge in [0.05, 0.1) is 19.8 Å². The molecule has 27 heteroatoms. The fourth-order valence-electron chi connectivity index (χ4n) is 8.95. The first-order valence-corrected chi connectivity index (χ1v) is 32.7. The van der Waals surface area contributed by atoms with Gasteiger partial charge < -0.3 is 80.6 Å². The van der Waals surface area contributed by atoms with Gasteiger partial charge in [-0.3, -0.25) is 42.9 Å². The molecule has 10 N–H and O–H groups in total. The number of aliphatic hydroxyl groups is 3. The summed E-state index contributed by atoms with van der Waals surface area (Å²) in [4.78, 5) is 125. The van der Waals surface area contributed by atoms with Gasteiger partial charge >= 0.3 is 41.5 Å². The van der Waals surface area contributed by atoms with E-state index in [-0.39, 0.29) is 61.7 Å². The Bertz CT molecular complexity index is 1950. The number of aldehydes is 1. The van der Waals surface area contributed by atoms with Gasteiger partial charge in [-0.2, -0.15) is 0 Å². The summed E-state index contributed by atoms with van der Waals surface area (Å²) >= 11 is 0. The Balaban J connectivity index is 0. The number of carbonyl (C=O) groups is 9. The van der Waals surface area contributed by atoms with Gasteiger partial charge in [0.1, 0.15) is 61.5 Å². The predicted molar refractivity (Wildman–Crippen MR) is 317 cm³/mol. The molecule has 0 rings (SSSR count). The van der Waals surface area contributed by atoms with Crippen molar-refractivity contribution >= 4 is 61.5 Å². The molecular formula is C59H108N6NaO19P. The quantitative estimate of drug-likeness (QED) is 0.0138. The molecule has 0 aliphatic rings. The van der Waals surface area contributed by atoms with Crippen LogP contribution in [0.15, 0.2) is 0 Å². The fraction of sp³-hybridized carbons (Fsp3) is 0.847. The van der Waals surface area contributed by atoms with Gasteiger partial charge in [0.25, 0.3) is 7.82 Å². The molecule has 0 bridgehead atoms. The third-order valence-corrected chi connectivity index (χ3v) is 15.1. The Hall–Kier alpha value is -3.62. The Morgan fingerprint density at radius 1 is 0.605 bits per heavy atom. The maximum absolute atomic E-state index is 13.0. The third-order valence-electron chi connectivity index (χ3n) is 14.1. The molecule has 10 atom stereocenters. The SMILES string of the molecule is CCCCCCCCCCCCCCCC(=O)OC[C@H](COP(=O)([O-])OCCNC(=O)[C@H](C)NC(=O)CC[C@@H](NC(=O)[C@H](C)NC(=O)[C@@H](C)O[C@@H]([C@H](O)[C@H](O)CO)[C@H](C=O)NC(C)=O)C(N)=O)OC(=O)CCCCCCCCCCCCCCC.[Na+]. The smallest absolute Gasteiger partial charge is 0.756 e. The zero-order valence-electron chi connectivity index (χ0n) is 52.9. The molecule has 0 aliphatic heterocycles. The van der Waals surface area contributed by atoms with E-state index in [4.69, 9.17) is 29.0 Å². The van der Waals surface area contributed by atoms with E-state index >= 15 is 0 Å². The van der Waals surface area contributed by atoms with Crippen LogP contribution in [0.4, 0.5) is 0 Å². The van der Waals surface area contributed by atoms with Crippen molar-refractivity contribution in [2.75, 3.05) is 33.0 Å². The first-order valence-electron chi connectivity index (χ1n) is 31.3. The van der Waals surface area contributed by atoms with Crippen LogP contribution in [-0.4, -0.2) is 157 Å². The van der Waals surface area contributed by atoms with E-state index in [0.717, 1.165) is 58.3 Å². The van der Waals surface area contributed by atoms with Crippen LogP contribution in [0.3, 0.4) is 0 Å². The molecule has 0 aliphatic carbocycles. The zero-order valence-corrected chi connectivity index (χ0v) is 55.8. The summed E-state index contributed by atoms with van der Waals surface area (Å²) in [7, 11) is -5.06. The molecule has 0 aromatic heterocycles. The van der Waals surface area contributed by atoms with Gasteiger partial charge in [-0.1, -0.05) is 168 Å². The summed E-state index contributed by atoms with van der Waals surface area (Å²) in [6.07, 6.45) is 21.0. The zero-order chi connectivity index (χ0) is 63.8. The molecule has 0 saturated heterocycles. The first kappa shape index (κ1) is 84.4. The van der Waals surface area contributed by atoms with Gasteiger partial charge in [0.15, 0.2) is 6.10 Å². The molecule has 6 amide bonds. The summed E-state index contributed by atoms with van der Waals surface area (Å²) in [5, 5.41) is 41.3. The molecule has 0 fully saturated rings. The number of phosphoric acid groups is 1. The fourth-order valence-corrected chi connectivity index (χ4v) is 9.69. The van der Waals surface area contributed by atoms with Crippen molar-refractivity contribution in [3.05, 3.63) is 0 Å². The molecule has 1 unspecified atom stereocenters. The molecule has 0 aromatic carbocycles. The van der Waals surface area contributed by atoms with Crippen molar-refractivity contribution in [1.29, 1.82) is 0 Å².